The lowest BCUT2D eigenvalue weighted by Crippen LogP contribution is -2.34. The number of carbonyl (C=O) groups excluding carboxylic acids is 1. The zero-order valence-corrected chi connectivity index (χ0v) is 19.1. The molecular weight excluding hydrogens is 408 g/mol. The summed E-state index contributed by atoms with van der Waals surface area (Å²) in [6.07, 6.45) is 3.64. The third-order valence-electron chi connectivity index (χ3n) is 4.07. The van der Waals surface area contributed by atoms with Crippen LogP contribution in [0.4, 0.5) is 10.5 Å². The Labute approximate surface area is 190 Å². The van der Waals surface area contributed by atoms with Crippen LogP contribution in [0, 0.1) is 0 Å². The van der Waals surface area contributed by atoms with E-state index >= 15 is 0 Å². The molecule has 0 aromatic heterocycles. The predicted octanol–water partition coefficient (Wildman–Crippen LogP) is 4.38. The van der Waals surface area contributed by atoms with E-state index in [-0.39, 0.29) is 0 Å². The molecule has 0 atom stereocenters. The van der Waals surface area contributed by atoms with Crippen molar-refractivity contribution in [2.75, 3.05) is 45.3 Å². The van der Waals surface area contributed by atoms with Gasteiger partial charge in [-0.25, -0.2) is 4.79 Å². The summed E-state index contributed by atoms with van der Waals surface area (Å²) in [4.78, 5) is 11.5. The number of nitrogens with one attached hydrogen (secondary N) is 1. The van der Waals surface area contributed by atoms with Crippen molar-refractivity contribution in [1.82, 2.24) is 5.32 Å². The van der Waals surface area contributed by atoms with Gasteiger partial charge in [0.05, 0.1) is 26.4 Å². The average molecular weight is 443 g/mol. The number of anilines is 1. The van der Waals surface area contributed by atoms with E-state index in [1.54, 1.807) is 0 Å². The maximum absolute atomic E-state index is 11.5. The Kier molecular flexibility index (Phi) is 10.6. The van der Waals surface area contributed by atoms with Gasteiger partial charge in [-0.3, -0.25) is 0 Å². The summed E-state index contributed by atoms with van der Waals surface area (Å²) in [5.74, 6) is 0.794. The van der Waals surface area contributed by atoms with Crippen molar-refractivity contribution in [1.29, 1.82) is 0 Å². The number of ether oxygens (including phenoxy) is 4. The zero-order valence-electron chi connectivity index (χ0n) is 19.1. The van der Waals surface area contributed by atoms with Crippen LogP contribution in [-0.4, -0.2) is 51.3 Å². The number of amides is 1. The standard InChI is InChI=1S/C25H34N2O5/c1-25(2,3)32-24(28)27-14-15-29-16-17-30-18-19-31-23-12-8-21(9-13-23)5-4-20-6-10-22(26)11-7-20/h4-13H,14-19,26H2,1-3H3,(H,27,28)/b5-4+. The Morgan fingerprint density at radius 3 is 1.97 bits per heavy atom. The Bertz CT molecular complexity index is 827. The van der Waals surface area contributed by atoms with Crippen LogP contribution in [0.3, 0.4) is 0 Å². The highest BCUT2D eigenvalue weighted by Gasteiger charge is 2.15. The number of nitrogens with two attached hydrogens (primary N) is 1. The average Bonchev–Trinajstić information content (AvgIpc) is 2.74. The quantitative estimate of drug-likeness (QED) is 0.288. The molecule has 0 spiro atoms. The molecule has 0 bridgehead atoms. The molecule has 2 rings (SSSR count). The molecule has 0 aliphatic heterocycles. The summed E-state index contributed by atoms with van der Waals surface area (Å²) in [6, 6.07) is 15.6. The fourth-order valence-corrected chi connectivity index (χ4v) is 2.55. The van der Waals surface area contributed by atoms with Crippen molar-refractivity contribution in [3.05, 3.63) is 59.7 Å². The van der Waals surface area contributed by atoms with Gasteiger partial charge in [-0.05, 0) is 56.2 Å². The van der Waals surface area contributed by atoms with Crippen LogP contribution in [-0.2, 0) is 14.2 Å². The number of hydrogen-bond acceptors (Lipinski definition) is 6. The first kappa shape index (κ1) is 25.2. The molecule has 7 nitrogen and oxygen atoms in total. The lowest BCUT2D eigenvalue weighted by molar-refractivity contribution is 0.0327. The number of alkyl carbamates (subject to hydrolysis) is 1. The first-order valence-corrected chi connectivity index (χ1v) is 10.7. The van der Waals surface area contributed by atoms with Crippen LogP contribution in [0.25, 0.3) is 12.2 Å². The van der Waals surface area contributed by atoms with E-state index < -0.39 is 11.7 Å². The molecule has 7 heteroatoms. The molecule has 1 amide bonds. The summed E-state index contributed by atoms with van der Waals surface area (Å²) >= 11 is 0. The lowest BCUT2D eigenvalue weighted by atomic mass is 10.1. The molecule has 3 N–H and O–H groups in total. The predicted molar refractivity (Wildman–Crippen MR) is 128 cm³/mol. The van der Waals surface area contributed by atoms with Crippen LogP contribution in [0.1, 0.15) is 31.9 Å². The third-order valence-corrected chi connectivity index (χ3v) is 4.07. The van der Waals surface area contributed by atoms with Gasteiger partial charge in [-0.15, -0.1) is 0 Å². The SMILES string of the molecule is CC(C)(C)OC(=O)NCCOCCOCCOc1ccc(/C=C/c2ccc(N)cc2)cc1. The Hall–Kier alpha value is -3.03. The molecule has 2 aromatic rings. The van der Waals surface area contributed by atoms with E-state index in [4.69, 9.17) is 24.7 Å². The second-order valence-corrected chi connectivity index (χ2v) is 8.07. The van der Waals surface area contributed by atoms with Gasteiger partial charge in [0.2, 0.25) is 0 Å². The minimum atomic E-state index is -0.502. The second kappa shape index (κ2) is 13.4. The number of hydrogen-bond donors (Lipinski definition) is 2. The monoisotopic (exact) mass is 442 g/mol. The van der Waals surface area contributed by atoms with Gasteiger partial charge in [0, 0.05) is 12.2 Å². The van der Waals surface area contributed by atoms with Crippen molar-refractivity contribution >= 4 is 23.9 Å². The lowest BCUT2D eigenvalue weighted by Gasteiger charge is -2.19. The molecule has 32 heavy (non-hydrogen) atoms. The first-order valence-electron chi connectivity index (χ1n) is 10.7. The number of rotatable bonds is 12. The van der Waals surface area contributed by atoms with E-state index in [1.807, 2.05) is 81.5 Å². The summed E-state index contributed by atoms with van der Waals surface area (Å²) < 4.78 is 21.7. The molecular formula is C25H34N2O5. The highest BCUT2D eigenvalue weighted by molar-refractivity contribution is 5.70. The first-order chi connectivity index (χ1) is 15.3. The molecule has 0 unspecified atom stereocenters. The van der Waals surface area contributed by atoms with E-state index in [0.29, 0.717) is 39.6 Å². The summed E-state index contributed by atoms with van der Waals surface area (Å²) in [5.41, 5.74) is 8.14. The summed E-state index contributed by atoms with van der Waals surface area (Å²) in [5, 5.41) is 2.63. The van der Waals surface area contributed by atoms with Crippen LogP contribution in [0.2, 0.25) is 0 Å². The molecule has 0 fully saturated rings. The van der Waals surface area contributed by atoms with Crippen LogP contribution >= 0.6 is 0 Å². The Morgan fingerprint density at radius 2 is 1.38 bits per heavy atom. The van der Waals surface area contributed by atoms with E-state index in [0.717, 1.165) is 22.6 Å². The van der Waals surface area contributed by atoms with Gasteiger partial charge in [0.25, 0.3) is 0 Å². The molecule has 0 aliphatic carbocycles. The van der Waals surface area contributed by atoms with Crippen LogP contribution in [0.15, 0.2) is 48.5 Å². The fourth-order valence-electron chi connectivity index (χ4n) is 2.55. The molecule has 0 heterocycles. The van der Waals surface area contributed by atoms with E-state index in [2.05, 4.69) is 5.32 Å². The highest BCUT2D eigenvalue weighted by atomic mass is 16.6. The topological polar surface area (TPSA) is 92.0 Å². The van der Waals surface area contributed by atoms with Gasteiger partial charge in [-0.2, -0.15) is 0 Å². The molecule has 174 valence electrons. The largest absolute Gasteiger partial charge is 0.491 e. The van der Waals surface area contributed by atoms with Gasteiger partial charge >= 0.3 is 6.09 Å². The maximum Gasteiger partial charge on any atom is 0.407 e. The fraction of sp³-hybridized carbons (Fsp3) is 0.400. The molecule has 0 saturated heterocycles. The van der Waals surface area contributed by atoms with E-state index in [9.17, 15) is 4.79 Å². The normalized spacial score (nSPS) is 11.5. The van der Waals surface area contributed by atoms with Crippen molar-refractivity contribution in [3.8, 4) is 5.75 Å². The minimum absolute atomic E-state index is 0.392. The summed E-state index contributed by atoms with van der Waals surface area (Å²) in [7, 11) is 0. The van der Waals surface area contributed by atoms with Gasteiger partial charge < -0.3 is 30.0 Å². The Balaban J connectivity index is 1.50. The van der Waals surface area contributed by atoms with Crippen LogP contribution < -0.4 is 15.8 Å². The molecule has 0 radical (unpaired) electrons. The minimum Gasteiger partial charge on any atom is -0.491 e. The second-order valence-electron chi connectivity index (χ2n) is 8.07. The van der Waals surface area contributed by atoms with Crippen molar-refractivity contribution in [3.63, 3.8) is 0 Å². The van der Waals surface area contributed by atoms with Gasteiger partial charge in [0.1, 0.15) is 18.0 Å². The van der Waals surface area contributed by atoms with Gasteiger partial charge in [0.15, 0.2) is 0 Å². The highest BCUT2D eigenvalue weighted by Crippen LogP contribution is 2.15. The van der Waals surface area contributed by atoms with Gasteiger partial charge in [-0.1, -0.05) is 36.4 Å². The van der Waals surface area contributed by atoms with Crippen LogP contribution in [0.5, 0.6) is 5.75 Å². The van der Waals surface area contributed by atoms with E-state index in [1.165, 1.54) is 0 Å². The maximum atomic E-state index is 11.5. The molecule has 2 aromatic carbocycles. The van der Waals surface area contributed by atoms with Crippen molar-refractivity contribution < 1.29 is 23.7 Å². The number of benzene rings is 2. The number of carbonyl (C=O) groups is 1. The number of nitrogen functional groups attached to an aromatic ring is 1. The third kappa shape index (κ3) is 11.4. The Morgan fingerprint density at radius 1 is 0.844 bits per heavy atom. The molecule has 0 aliphatic rings. The smallest absolute Gasteiger partial charge is 0.407 e. The zero-order chi connectivity index (χ0) is 23.2. The summed E-state index contributed by atoms with van der Waals surface area (Å²) in [6.45, 7) is 8.10. The van der Waals surface area contributed by atoms with Crippen molar-refractivity contribution in [2.24, 2.45) is 0 Å². The molecule has 0 saturated carbocycles. The van der Waals surface area contributed by atoms with Crippen molar-refractivity contribution in [2.45, 2.75) is 26.4 Å².